The van der Waals surface area contributed by atoms with Crippen molar-refractivity contribution >= 4 is 11.4 Å². The SMILES string of the molecule is [2H]c1cc(-c2c([2H])c([2H])c(Nc3ccccc3)c([2H])c2[2H])c([2H])c([2H])c1[2H]. The zero-order valence-electron chi connectivity index (χ0n) is 18.0. The van der Waals surface area contributed by atoms with Gasteiger partial charge in [-0.1, -0.05) is 60.5 Å². The van der Waals surface area contributed by atoms with E-state index in [-0.39, 0.29) is 47.0 Å². The van der Waals surface area contributed by atoms with Crippen LogP contribution in [-0.4, -0.2) is 0 Å². The molecule has 0 aliphatic rings. The minimum atomic E-state index is -0.485. The number of para-hydroxylation sites is 1. The van der Waals surface area contributed by atoms with Crippen LogP contribution in [0.15, 0.2) is 84.7 Å². The summed E-state index contributed by atoms with van der Waals surface area (Å²) in [6.45, 7) is 0. The highest BCUT2D eigenvalue weighted by Gasteiger charge is 1.97. The molecule has 0 saturated heterocycles. The van der Waals surface area contributed by atoms with Crippen molar-refractivity contribution in [1.82, 2.24) is 0 Å². The second-order valence-electron chi connectivity index (χ2n) is 3.82. The van der Waals surface area contributed by atoms with E-state index in [0.717, 1.165) is 6.07 Å². The Hall–Kier alpha value is -2.54. The van der Waals surface area contributed by atoms with Gasteiger partial charge in [0, 0.05) is 11.4 Å². The lowest BCUT2D eigenvalue weighted by Gasteiger charge is -2.07. The fourth-order valence-corrected chi connectivity index (χ4v) is 1.59. The van der Waals surface area contributed by atoms with Crippen LogP contribution in [-0.2, 0) is 0 Å². The molecular weight excluding hydrogens is 230 g/mol. The summed E-state index contributed by atoms with van der Waals surface area (Å²) in [6, 6.07) is 6.95. The molecule has 0 heterocycles. The summed E-state index contributed by atoms with van der Waals surface area (Å²) < 4.78 is 64.3. The van der Waals surface area contributed by atoms with Crippen LogP contribution in [0.5, 0.6) is 0 Å². The molecule has 1 nitrogen and oxygen atoms in total. The predicted molar refractivity (Wildman–Crippen MR) is 81.6 cm³/mol. The Morgan fingerprint density at radius 2 is 1.42 bits per heavy atom. The van der Waals surface area contributed by atoms with Gasteiger partial charge in [0.1, 0.15) is 0 Å². The molecule has 0 aliphatic carbocycles. The molecular formula is C18H15N. The number of anilines is 2. The lowest BCUT2D eigenvalue weighted by molar-refractivity contribution is 1.54. The predicted octanol–water partition coefficient (Wildman–Crippen LogP) is 5.10. The summed E-state index contributed by atoms with van der Waals surface area (Å²) in [5.74, 6) is 0. The van der Waals surface area contributed by atoms with E-state index < -0.39 is 18.1 Å². The van der Waals surface area contributed by atoms with E-state index >= 15 is 0 Å². The zero-order valence-corrected chi connectivity index (χ0v) is 9.96. The second kappa shape index (κ2) is 5.40. The van der Waals surface area contributed by atoms with Gasteiger partial charge in [-0.2, -0.15) is 0 Å². The maximum atomic E-state index is 8.28. The molecule has 0 radical (unpaired) electrons. The Labute approximate surface area is 124 Å². The summed E-state index contributed by atoms with van der Waals surface area (Å²) in [5, 5.41) is 2.88. The van der Waals surface area contributed by atoms with Gasteiger partial charge in [-0.25, -0.2) is 0 Å². The zero-order chi connectivity index (χ0) is 19.9. The normalized spacial score (nSPS) is 16.0. The number of benzene rings is 3. The molecule has 1 N–H and O–H groups in total. The van der Waals surface area contributed by atoms with E-state index in [1.54, 1.807) is 24.3 Å². The van der Waals surface area contributed by atoms with Crippen molar-refractivity contribution < 1.29 is 11.0 Å². The van der Waals surface area contributed by atoms with Crippen LogP contribution in [0.3, 0.4) is 0 Å². The van der Waals surface area contributed by atoms with Crippen LogP contribution in [0.4, 0.5) is 11.4 Å². The van der Waals surface area contributed by atoms with Crippen molar-refractivity contribution in [2.24, 2.45) is 0 Å². The van der Waals surface area contributed by atoms with E-state index in [9.17, 15) is 0 Å². The molecule has 0 atom stereocenters. The maximum absolute atomic E-state index is 8.28. The average molecular weight is 253 g/mol. The van der Waals surface area contributed by atoms with Gasteiger partial charge in [-0.15, -0.1) is 0 Å². The Balaban J connectivity index is 2.23. The third-order valence-corrected chi connectivity index (χ3v) is 2.49. The smallest absolute Gasteiger partial charge is 0.0645 e. The summed E-state index contributed by atoms with van der Waals surface area (Å²) >= 11 is 0. The lowest BCUT2D eigenvalue weighted by atomic mass is 10.1. The fourth-order valence-electron chi connectivity index (χ4n) is 1.59. The highest BCUT2D eigenvalue weighted by atomic mass is 14.9. The Bertz CT molecular complexity index is 1000. The van der Waals surface area contributed by atoms with E-state index in [4.69, 9.17) is 11.0 Å². The lowest BCUT2D eigenvalue weighted by Crippen LogP contribution is -1.89. The summed E-state index contributed by atoms with van der Waals surface area (Å²) in [5.41, 5.74) is 0.383. The Kier molecular flexibility index (Phi) is 1.60. The molecule has 0 amide bonds. The molecule has 92 valence electrons. The molecule has 19 heavy (non-hydrogen) atoms. The molecule has 1 heteroatoms. The van der Waals surface area contributed by atoms with Crippen molar-refractivity contribution in [2.45, 2.75) is 0 Å². The van der Waals surface area contributed by atoms with Crippen LogP contribution in [0, 0.1) is 0 Å². The third-order valence-electron chi connectivity index (χ3n) is 2.49. The Morgan fingerprint density at radius 3 is 2.21 bits per heavy atom. The molecule has 0 aromatic heterocycles. The molecule has 3 rings (SSSR count). The van der Waals surface area contributed by atoms with Crippen LogP contribution < -0.4 is 5.32 Å². The highest BCUT2D eigenvalue weighted by Crippen LogP contribution is 2.22. The molecule has 0 saturated carbocycles. The van der Waals surface area contributed by atoms with Crippen LogP contribution in [0.2, 0.25) is 0 Å². The van der Waals surface area contributed by atoms with E-state index in [1.165, 1.54) is 0 Å². The first-order valence-electron chi connectivity index (χ1n) is 9.74. The van der Waals surface area contributed by atoms with E-state index in [1.807, 2.05) is 6.07 Å². The van der Waals surface area contributed by atoms with Gasteiger partial charge < -0.3 is 5.32 Å². The van der Waals surface area contributed by atoms with Crippen molar-refractivity contribution in [2.75, 3.05) is 5.32 Å². The monoisotopic (exact) mass is 253 g/mol. The van der Waals surface area contributed by atoms with Crippen LogP contribution in [0.25, 0.3) is 11.1 Å². The highest BCUT2D eigenvalue weighted by molar-refractivity contribution is 5.68. The largest absolute Gasteiger partial charge is 0.356 e. The number of nitrogens with one attached hydrogen (secondary N) is 1. The van der Waals surface area contributed by atoms with Gasteiger partial charge in [0.2, 0.25) is 0 Å². The van der Waals surface area contributed by atoms with Gasteiger partial charge in [-0.05, 0) is 35.3 Å². The fraction of sp³-hybridized carbons (Fsp3) is 0. The molecule has 0 aliphatic heterocycles. The van der Waals surface area contributed by atoms with Crippen molar-refractivity contribution in [3.05, 3.63) is 84.7 Å². The average Bonchev–Trinajstić information content (AvgIpc) is 2.67. The van der Waals surface area contributed by atoms with Crippen molar-refractivity contribution in [3.63, 3.8) is 0 Å². The molecule has 0 unspecified atom stereocenters. The minimum Gasteiger partial charge on any atom is -0.356 e. The van der Waals surface area contributed by atoms with Crippen molar-refractivity contribution in [1.29, 1.82) is 0 Å². The molecule has 0 spiro atoms. The Morgan fingerprint density at radius 1 is 0.632 bits per heavy atom. The number of hydrogen-bond donors (Lipinski definition) is 1. The van der Waals surface area contributed by atoms with Gasteiger partial charge in [0.05, 0.1) is 11.0 Å². The number of hydrogen-bond acceptors (Lipinski definition) is 1. The first-order chi connectivity index (χ1) is 12.7. The van der Waals surface area contributed by atoms with Gasteiger partial charge in [0.15, 0.2) is 0 Å². The third kappa shape index (κ3) is 2.83. The topological polar surface area (TPSA) is 12.0 Å². The molecule has 0 bridgehead atoms. The maximum Gasteiger partial charge on any atom is 0.0645 e. The first-order valence-corrected chi connectivity index (χ1v) is 5.74. The molecule has 3 aromatic carbocycles. The van der Waals surface area contributed by atoms with Crippen LogP contribution >= 0.6 is 0 Å². The summed E-state index contributed by atoms with van der Waals surface area (Å²) in [7, 11) is 0. The summed E-state index contributed by atoms with van der Waals surface area (Å²) in [4.78, 5) is 0. The quantitative estimate of drug-likeness (QED) is 0.685. The summed E-state index contributed by atoms with van der Waals surface area (Å²) in [6.07, 6.45) is 0. The van der Waals surface area contributed by atoms with Crippen LogP contribution in [0.1, 0.15) is 11.0 Å². The van der Waals surface area contributed by atoms with Gasteiger partial charge in [0.25, 0.3) is 0 Å². The number of rotatable bonds is 3. The second-order valence-corrected chi connectivity index (χ2v) is 3.82. The van der Waals surface area contributed by atoms with E-state index in [2.05, 4.69) is 5.32 Å². The molecule has 3 aromatic rings. The van der Waals surface area contributed by atoms with Gasteiger partial charge in [-0.3, -0.25) is 0 Å². The molecule has 0 fully saturated rings. The standard InChI is InChI=1S/C18H15N/c1-3-7-15(8-4-1)16-11-13-18(14-12-16)19-17-9-5-2-6-10-17/h1-14,19H/i1D,3D,4D,7D,11D,12D,13D,14D. The minimum absolute atomic E-state index is 0.000728. The first kappa shape index (κ1) is 5.62. The van der Waals surface area contributed by atoms with Gasteiger partial charge >= 0.3 is 0 Å². The van der Waals surface area contributed by atoms with E-state index in [0.29, 0.717) is 5.69 Å². The van der Waals surface area contributed by atoms with Crippen molar-refractivity contribution in [3.8, 4) is 11.1 Å².